The van der Waals surface area contributed by atoms with Gasteiger partial charge in [0.15, 0.2) is 5.11 Å². The van der Waals surface area contributed by atoms with E-state index in [9.17, 15) is 14.9 Å². The van der Waals surface area contributed by atoms with Gasteiger partial charge in [-0.05, 0) is 50.0 Å². The molecule has 0 aliphatic carbocycles. The molecule has 8 nitrogen and oxygen atoms in total. The number of piperazine rings is 1. The van der Waals surface area contributed by atoms with E-state index in [2.05, 4.69) is 15.1 Å². The number of carbonyl (C=O) groups is 1. The van der Waals surface area contributed by atoms with Crippen LogP contribution < -0.4 is 15.1 Å². The number of nitrogens with one attached hydrogen (secondary N) is 1. The van der Waals surface area contributed by atoms with E-state index in [4.69, 9.17) is 12.2 Å². The van der Waals surface area contributed by atoms with Crippen LogP contribution in [0.2, 0.25) is 0 Å². The van der Waals surface area contributed by atoms with E-state index in [0.717, 1.165) is 56.8 Å². The Balaban J connectivity index is 1.66. The van der Waals surface area contributed by atoms with Crippen molar-refractivity contribution in [1.29, 1.82) is 0 Å². The van der Waals surface area contributed by atoms with Gasteiger partial charge in [-0.3, -0.25) is 14.9 Å². The summed E-state index contributed by atoms with van der Waals surface area (Å²) in [5.74, 6) is -0.0403. The average Bonchev–Trinajstić information content (AvgIpc) is 2.74. The van der Waals surface area contributed by atoms with Gasteiger partial charge in [-0.15, -0.1) is 0 Å². The second-order valence-corrected chi connectivity index (χ2v) is 7.94. The Morgan fingerprint density at radius 1 is 1.10 bits per heavy atom. The van der Waals surface area contributed by atoms with Gasteiger partial charge in [0, 0.05) is 57.4 Å². The predicted molar refractivity (Wildman–Crippen MR) is 119 cm³/mol. The maximum atomic E-state index is 11.8. The zero-order valence-corrected chi connectivity index (χ0v) is 17.7. The Morgan fingerprint density at radius 3 is 2.41 bits per heavy atom. The van der Waals surface area contributed by atoms with Crippen molar-refractivity contribution < 1.29 is 9.72 Å². The maximum Gasteiger partial charge on any atom is 0.292 e. The second-order valence-electron chi connectivity index (χ2n) is 7.56. The quantitative estimate of drug-likeness (QED) is 0.446. The number of amides is 1. The molecule has 1 aromatic rings. The summed E-state index contributed by atoms with van der Waals surface area (Å²) in [6.07, 6.45) is 4.59. The molecular weight excluding hydrogens is 390 g/mol. The van der Waals surface area contributed by atoms with Crippen LogP contribution in [0.1, 0.15) is 39.0 Å². The Kier molecular flexibility index (Phi) is 7.24. The van der Waals surface area contributed by atoms with Crippen molar-refractivity contribution in [3.63, 3.8) is 0 Å². The van der Waals surface area contributed by atoms with Crippen molar-refractivity contribution in [3.8, 4) is 0 Å². The number of carbonyl (C=O) groups excluding carboxylic acids is 1. The first-order chi connectivity index (χ1) is 14.0. The largest absolute Gasteiger partial charge is 0.368 e. The van der Waals surface area contributed by atoms with Gasteiger partial charge in [-0.2, -0.15) is 0 Å². The van der Waals surface area contributed by atoms with Gasteiger partial charge in [-0.25, -0.2) is 0 Å². The van der Waals surface area contributed by atoms with Gasteiger partial charge in [0.1, 0.15) is 5.69 Å². The first-order valence-corrected chi connectivity index (χ1v) is 10.8. The molecular formula is C20H29N5O3S. The average molecular weight is 420 g/mol. The highest BCUT2D eigenvalue weighted by Gasteiger charge is 2.25. The highest BCUT2D eigenvalue weighted by molar-refractivity contribution is 7.80. The fraction of sp³-hybridized carbons (Fsp3) is 0.600. The molecule has 2 heterocycles. The van der Waals surface area contributed by atoms with Crippen LogP contribution in [0.25, 0.3) is 0 Å². The maximum absolute atomic E-state index is 11.8. The van der Waals surface area contributed by atoms with E-state index < -0.39 is 0 Å². The van der Waals surface area contributed by atoms with Gasteiger partial charge in [0.2, 0.25) is 5.91 Å². The van der Waals surface area contributed by atoms with Crippen LogP contribution in [0.4, 0.5) is 17.1 Å². The molecule has 0 aromatic heterocycles. The van der Waals surface area contributed by atoms with Crippen molar-refractivity contribution in [2.75, 3.05) is 49.1 Å². The zero-order chi connectivity index (χ0) is 20.8. The zero-order valence-electron chi connectivity index (χ0n) is 16.9. The van der Waals surface area contributed by atoms with Crippen molar-refractivity contribution >= 4 is 40.3 Å². The number of anilines is 2. The summed E-state index contributed by atoms with van der Waals surface area (Å²) in [4.78, 5) is 29.4. The van der Waals surface area contributed by atoms with Crippen molar-refractivity contribution in [3.05, 3.63) is 28.3 Å². The molecule has 29 heavy (non-hydrogen) atoms. The first-order valence-electron chi connectivity index (χ1n) is 10.4. The highest BCUT2D eigenvalue weighted by atomic mass is 32.1. The minimum absolute atomic E-state index is 0.0403. The fourth-order valence-corrected chi connectivity index (χ4v) is 4.20. The molecule has 9 heteroatoms. The third-order valence-corrected chi connectivity index (χ3v) is 5.87. The third kappa shape index (κ3) is 5.35. The lowest BCUT2D eigenvalue weighted by atomic mass is 10.1. The van der Waals surface area contributed by atoms with Crippen LogP contribution >= 0.6 is 12.2 Å². The number of thiocarbonyl (C=S) groups is 1. The highest BCUT2D eigenvalue weighted by Crippen LogP contribution is 2.34. The van der Waals surface area contributed by atoms with Crippen molar-refractivity contribution in [2.24, 2.45) is 0 Å². The van der Waals surface area contributed by atoms with E-state index in [0.29, 0.717) is 24.6 Å². The topological polar surface area (TPSA) is 82.0 Å². The molecule has 1 amide bonds. The van der Waals surface area contributed by atoms with E-state index in [1.807, 2.05) is 24.0 Å². The van der Waals surface area contributed by atoms with Crippen LogP contribution in [0.5, 0.6) is 0 Å². The molecule has 2 aliphatic rings. The lowest BCUT2D eigenvalue weighted by molar-refractivity contribution is -0.384. The summed E-state index contributed by atoms with van der Waals surface area (Å²) in [5, 5.41) is 14.8. The second kappa shape index (κ2) is 9.87. The van der Waals surface area contributed by atoms with Crippen LogP contribution in [-0.2, 0) is 4.79 Å². The Bertz CT molecular complexity index is 758. The van der Waals surface area contributed by atoms with Crippen molar-refractivity contribution in [2.45, 2.75) is 39.0 Å². The van der Waals surface area contributed by atoms with Gasteiger partial charge in [0.05, 0.1) is 4.92 Å². The number of benzene rings is 1. The molecule has 0 spiro atoms. The Labute approximate surface area is 177 Å². The molecule has 0 bridgehead atoms. The summed E-state index contributed by atoms with van der Waals surface area (Å²) in [7, 11) is 0. The molecule has 1 N–H and O–H groups in total. The normalized spacial score (nSPS) is 17.2. The molecule has 0 saturated carbocycles. The molecule has 2 aliphatic heterocycles. The van der Waals surface area contributed by atoms with E-state index in [1.165, 1.54) is 6.42 Å². The molecule has 2 saturated heterocycles. The molecule has 0 radical (unpaired) electrons. The van der Waals surface area contributed by atoms with Crippen LogP contribution in [0, 0.1) is 10.1 Å². The number of nitro benzene ring substituents is 1. The summed E-state index contributed by atoms with van der Waals surface area (Å²) >= 11 is 5.37. The monoisotopic (exact) mass is 419 g/mol. The lowest BCUT2D eigenvalue weighted by Gasteiger charge is -2.37. The van der Waals surface area contributed by atoms with E-state index >= 15 is 0 Å². The fourth-order valence-electron chi connectivity index (χ4n) is 3.91. The number of hydrogen-bond acceptors (Lipinski definition) is 6. The number of nitrogens with zero attached hydrogens (tertiary/aromatic N) is 4. The minimum Gasteiger partial charge on any atom is -0.368 e. The van der Waals surface area contributed by atoms with Gasteiger partial charge in [-0.1, -0.05) is 6.92 Å². The SMILES string of the molecule is CCCC(=O)NC(=S)N1CCN(c2ccc([N+](=O)[O-])c(N3CCCCC3)c2)CC1. The lowest BCUT2D eigenvalue weighted by Crippen LogP contribution is -2.52. The molecule has 3 rings (SSSR count). The Hall–Kier alpha value is -2.42. The smallest absolute Gasteiger partial charge is 0.292 e. The number of rotatable bonds is 5. The summed E-state index contributed by atoms with van der Waals surface area (Å²) < 4.78 is 0. The molecule has 0 atom stereocenters. The molecule has 2 fully saturated rings. The van der Waals surface area contributed by atoms with Gasteiger partial charge < -0.3 is 20.0 Å². The Morgan fingerprint density at radius 2 is 1.79 bits per heavy atom. The van der Waals surface area contributed by atoms with Crippen LogP contribution in [-0.4, -0.2) is 60.1 Å². The minimum atomic E-state index is -0.289. The van der Waals surface area contributed by atoms with Crippen molar-refractivity contribution in [1.82, 2.24) is 10.2 Å². The van der Waals surface area contributed by atoms with Crippen LogP contribution in [0.3, 0.4) is 0 Å². The predicted octanol–water partition coefficient (Wildman–Crippen LogP) is 2.91. The number of hydrogen-bond donors (Lipinski definition) is 1. The van der Waals surface area contributed by atoms with Gasteiger partial charge in [0.25, 0.3) is 5.69 Å². The van der Waals surface area contributed by atoms with E-state index in [1.54, 1.807) is 6.07 Å². The van der Waals surface area contributed by atoms with E-state index in [-0.39, 0.29) is 16.5 Å². The standard InChI is InChI=1S/C20H29N5O3S/c1-2-6-19(26)21-20(29)24-13-11-22(12-14-24)16-7-8-17(25(27)28)18(15-16)23-9-4-3-5-10-23/h7-8,15H,2-6,9-14H2,1H3,(H,21,26,29). The van der Waals surface area contributed by atoms with Gasteiger partial charge >= 0.3 is 0 Å². The molecule has 158 valence electrons. The molecule has 1 aromatic carbocycles. The first kappa shape index (κ1) is 21.3. The molecule has 0 unspecified atom stereocenters. The summed E-state index contributed by atoms with van der Waals surface area (Å²) in [6, 6.07) is 5.42. The summed E-state index contributed by atoms with van der Waals surface area (Å²) in [5.41, 5.74) is 1.89. The van der Waals surface area contributed by atoms with Crippen LogP contribution in [0.15, 0.2) is 18.2 Å². The third-order valence-electron chi connectivity index (χ3n) is 5.51. The summed E-state index contributed by atoms with van der Waals surface area (Å²) in [6.45, 7) is 6.61. The number of piperidine rings is 1. The number of nitro groups is 1.